The fourth-order valence-electron chi connectivity index (χ4n) is 2.61. The van der Waals surface area contributed by atoms with E-state index in [-0.39, 0.29) is 11.3 Å². The largest absolute Gasteiger partial charge is 0.497 e. The molecule has 1 aromatic carbocycles. The zero-order valence-electron chi connectivity index (χ0n) is 13.6. The first-order valence-corrected chi connectivity index (χ1v) is 7.55. The molecule has 0 bridgehead atoms. The van der Waals surface area contributed by atoms with Gasteiger partial charge in [-0.15, -0.1) is 0 Å². The summed E-state index contributed by atoms with van der Waals surface area (Å²) in [5, 5.41) is 0. The topological polar surface area (TPSA) is 32.8 Å². The van der Waals surface area contributed by atoms with E-state index in [1.165, 1.54) is 5.56 Å². The van der Waals surface area contributed by atoms with Gasteiger partial charge in [0.25, 0.3) is 0 Å². The van der Waals surface area contributed by atoms with Gasteiger partial charge in [0, 0.05) is 38.1 Å². The number of nitrogens with zero attached hydrogens (tertiary/aromatic N) is 2. The van der Waals surface area contributed by atoms with Gasteiger partial charge in [-0.05, 0) is 17.7 Å². The number of hydrogen-bond acceptors (Lipinski definition) is 3. The number of amides is 1. The number of carbonyl (C=O) groups is 1. The molecule has 1 saturated heterocycles. The summed E-state index contributed by atoms with van der Waals surface area (Å²) in [6, 6.07) is 8.18. The Kier molecular flexibility index (Phi) is 4.88. The second-order valence-corrected chi connectivity index (χ2v) is 6.67. The molecule has 0 spiro atoms. The highest BCUT2D eigenvalue weighted by Crippen LogP contribution is 2.20. The van der Waals surface area contributed by atoms with Crippen molar-refractivity contribution in [1.29, 1.82) is 0 Å². The Balaban J connectivity index is 1.88. The third-order valence-electron chi connectivity index (χ3n) is 3.84. The fourth-order valence-corrected chi connectivity index (χ4v) is 2.61. The van der Waals surface area contributed by atoms with Crippen molar-refractivity contribution in [3.05, 3.63) is 29.8 Å². The molecule has 4 nitrogen and oxygen atoms in total. The molecule has 2 rings (SSSR count). The van der Waals surface area contributed by atoms with E-state index in [1.54, 1.807) is 7.11 Å². The Labute approximate surface area is 127 Å². The molecule has 1 aromatic rings. The third kappa shape index (κ3) is 4.21. The highest BCUT2D eigenvalue weighted by Gasteiger charge is 2.29. The predicted molar refractivity (Wildman–Crippen MR) is 84.3 cm³/mol. The molecular formula is C17H26N2O2. The van der Waals surface area contributed by atoms with Crippen LogP contribution in [0.3, 0.4) is 0 Å². The quantitative estimate of drug-likeness (QED) is 0.857. The summed E-state index contributed by atoms with van der Waals surface area (Å²) in [7, 11) is 1.69. The van der Waals surface area contributed by atoms with E-state index in [9.17, 15) is 4.79 Å². The molecule has 0 saturated carbocycles. The summed E-state index contributed by atoms with van der Waals surface area (Å²) in [6.07, 6.45) is 0. The summed E-state index contributed by atoms with van der Waals surface area (Å²) < 4.78 is 5.26. The maximum atomic E-state index is 12.3. The van der Waals surface area contributed by atoms with Crippen LogP contribution in [0.1, 0.15) is 26.3 Å². The maximum absolute atomic E-state index is 12.3. The summed E-state index contributed by atoms with van der Waals surface area (Å²) in [5.41, 5.74) is 0.972. The highest BCUT2D eigenvalue weighted by atomic mass is 16.5. The standard InChI is InChI=1S/C17H26N2O2/c1-17(2,3)16(20)19-10-8-18(9-11-19)13-14-6-5-7-15(12-14)21-4/h5-7,12H,8-11,13H2,1-4H3. The smallest absolute Gasteiger partial charge is 0.228 e. The van der Waals surface area contributed by atoms with Crippen molar-refractivity contribution in [2.45, 2.75) is 27.3 Å². The van der Waals surface area contributed by atoms with Crippen LogP contribution in [0.5, 0.6) is 5.75 Å². The van der Waals surface area contributed by atoms with Crippen molar-refractivity contribution < 1.29 is 9.53 Å². The van der Waals surface area contributed by atoms with Crippen molar-refractivity contribution in [2.75, 3.05) is 33.3 Å². The van der Waals surface area contributed by atoms with E-state index in [0.29, 0.717) is 0 Å². The molecule has 1 amide bonds. The van der Waals surface area contributed by atoms with Gasteiger partial charge >= 0.3 is 0 Å². The zero-order valence-corrected chi connectivity index (χ0v) is 13.6. The average Bonchev–Trinajstić information content (AvgIpc) is 2.46. The van der Waals surface area contributed by atoms with Gasteiger partial charge in [-0.1, -0.05) is 32.9 Å². The number of hydrogen-bond donors (Lipinski definition) is 0. The van der Waals surface area contributed by atoms with Gasteiger partial charge in [0.2, 0.25) is 5.91 Å². The van der Waals surface area contributed by atoms with Crippen molar-refractivity contribution in [3.63, 3.8) is 0 Å². The Morgan fingerprint density at radius 1 is 1.19 bits per heavy atom. The molecule has 0 unspecified atom stereocenters. The first-order chi connectivity index (χ1) is 9.90. The molecule has 21 heavy (non-hydrogen) atoms. The molecule has 0 radical (unpaired) electrons. The lowest BCUT2D eigenvalue weighted by molar-refractivity contribution is -0.141. The normalized spacial score (nSPS) is 16.9. The van der Waals surface area contributed by atoms with Gasteiger partial charge in [-0.2, -0.15) is 0 Å². The van der Waals surface area contributed by atoms with Crippen molar-refractivity contribution in [1.82, 2.24) is 9.80 Å². The number of ether oxygens (including phenoxy) is 1. The average molecular weight is 290 g/mol. The lowest BCUT2D eigenvalue weighted by Gasteiger charge is -2.37. The van der Waals surface area contributed by atoms with E-state index in [2.05, 4.69) is 17.0 Å². The summed E-state index contributed by atoms with van der Waals surface area (Å²) in [6.45, 7) is 10.4. The van der Waals surface area contributed by atoms with Crippen LogP contribution < -0.4 is 4.74 Å². The molecule has 0 atom stereocenters. The van der Waals surface area contributed by atoms with E-state index in [4.69, 9.17) is 4.74 Å². The number of benzene rings is 1. The summed E-state index contributed by atoms with van der Waals surface area (Å²) in [5.74, 6) is 1.15. The summed E-state index contributed by atoms with van der Waals surface area (Å²) >= 11 is 0. The van der Waals surface area contributed by atoms with E-state index < -0.39 is 0 Å². The number of piperazine rings is 1. The molecule has 1 aliphatic heterocycles. The second-order valence-electron chi connectivity index (χ2n) is 6.67. The van der Waals surface area contributed by atoms with Gasteiger partial charge in [0.1, 0.15) is 5.75 Å². The first-order valence-electron chi connectivity index (χ1n) is 7.55. The molecule has 0 aromatic heterocycles. The van der Waals surface area contributed by atoms with Crippen LogP contribution in [0.25, 0.3) is 0 Å². The predicted octanol–water partition coefficient (Wildman–Crippen LogP) is 2.39. The van der Waals surface area contributed by atoms with Crippen LogP contribution in [0.15, 0.2) is 24.3 Å². The van der Waals surface area contributed by atoms with Crippen LogP contribution >= 0.6 is 0 Å². The Morgan fingerprint density at radius 3 is 2.43 bits per heavy atom. The van der Waals surface area contributed by atoms with Crippen molar-refractivity contribution in [3.8, 4) is 5.75 Å². The van der Waals surface area contributed by atoms with Gasteiger partial charge in [-0.25, -0.2) is 0 Å². The Bertz CT molecular complexity index is 486. The Morgan fingerprint density at radius 2 is 1.86 bits per heavy atom. The maximum Gasteiger partial charge on any atom is 0.228 e. The minimum atomic E-state index is -0.283. The fraction of sp³-hybridized carbons (Fsp3) is 0.588. The van der Waals surface area contributed by atoms with E-state index in [0.717, 1.165) is 38.5 Å². The van der Waals surface area contributed by atoms with Crippen molar-refractivity contribution in [2.24, 2.45) is 5.41 Å². The monoisotopic (exact) mass is 290 g/mol. The van der Waals surface area contributed by atoms with Crippen LogP contribution in [-0.4, -0.2) is 49.0 Å². The molecule has 1 aliphatic rings. The summed E-state index contributed by atoms with van der Waals surface area (Å²) in [4.78, 5) is 16.6. The molecule has 0 aliphatic carbocycles. The zero-order chi connectivity index (χ0) is 15.5. The molecular weight excluding hydrogens is 264 g/mol. The lowest BCUT2D eigenvalue weighted by Crippen LogP contribution is -2.51. The highest BCUT2D eigenvalue weighted by molar-refractivity contribution is 5.81. The van der Waals surface area contributed by atoms with E-state index >= 15 is 0 Å². The van der Waals surface area contributed by atoms with Gasteiger partial charge < -0.3 is 9.64 Å². The van der Waals surface area contributed by atoms with E-state index in [1.807, 2.05) is 37.8 Å². The minimum absolute atomic E-state index is 0.253. The van der Waals surface area contributed by atoms with Gasteiger partial charge in [0.15, 0.2) is 0 Å². The van der Waals surface area contributed by atoms with Crippen LogP contribution in [0.2, 0.25) is 0 Å². The second kappa shape index (κ2) is 6.48. The van der Waals surface area contributed by atoms with Crippen LogP contribution in [-0.2, 0) is 11.3 Å². The van der Waals surface area contributed by atoms with Crippen LogP contribution in [0, 0.1) is 5.41 Å². The Hall–Kier alpha value is -1.55. The van der Waals surface area contributed by atoms with Crippen LogP contribution in [0.4, 0.5) is 0 Å². The third-order valence-corrected chi connectivity index (χ3v) is 3.84. The SMILES string of the molecule is COc1cccc(CN2CCN(C(=O)C(C)(C)C)CC2)c1. The molecule has 4 heteroatoms. The van der Waals surface area contributed by atoms with Gasteiger partial charge in [-0.3, -0.25) is 9.69 Å². The molecule has 0 N–H and O–H groups in total. The number of methoxy groups -OCH3 is 1. The lowest BCUT2D eigenvalue weighted by atomic mass is 9.94. The molecule has 1 fully saturated rings. The number of rotatable bonds is 3. The molecule has 116 valence electrons. The minimum Gasteiger partial charge on any atom is -0.497 e. The van der Waals surface area contributed by atoms with Gasteiger partial charge in [0.05, 0.1) is 7.11 Å². The first kappa shape index (κ1) is 15.8. The van der Waals surface area contributed by atoms with Crippen molar-refractivity contribution >= 4 is 5.91 Å². The molecule has 1 heterocycles. The number of carbonyl (C=O) groups excluding carboxylic acids is 1.